The number of benzene rings is 1. The van der Waals surface area contributed by atoms with Crippen molar-refractivity contribution in [3.63, 3.8) is 0 Å². The first kappa shape index (κ1) is 11.4. The van der Waals surface area contributed by atoms with Gasteiger partial charge in [0.1, 0.15) is 5.75 Å². The first-order valence-corrected chi connectivity index (χ1v) is 5.84. The fourth-order valence-corrected chi connectivity index (χ4v) is 2.42. The van der Waals surface area contributed by atoms with Crippen molar-refractivity contribution in [2.24, 2.45) is 5.73 Å². The molecular weight excluding hydrogens is 200 g/mol. The van der Waals surface area contributed by atoms with Crippen LogP contribution in [0.5, 0.6) is 5.75 Å². The van der Waals surface area contributed by atoms with E-state index >= 15 is 0 Å². The van der Waals surface area contributed by atoms with Crippen LogP contribution in [0.2, 0.25) is 0 Å². The van der Waals surface area contributed by atoms with E-state index in [0.29, 0.717) is 18.1 Å². The molecule has 88 valence electrons. The molecule has 0 spiro atoms. The maximum atomic E-state index is 6.05. The van der Waals surface area contributed by atoms with Gasteiger partial charge >= 0.3 is 0 Å². The third-order valence-corrected chi connectivity index (χ3v) is 3.18. The number of hydrogen-bond acceptors (Lipinski definition) is 3. The summed E-state index contributed by atoms with van der Waals surface area (Å²) in [5.41, 5.74) is 7.32. The van der Waals surface area contributed by atoms with Crippen LogP contribution in [0.25, 0.3) is 0 Å². The number of methoxy groups -OCH3 is 1. The third kappa shape index (κ3) is 2.54. The zero-order valence-electron chi connectivity index (χ0n) is 9.94. The maximum Gasteiger partial charge on any atom is 0.119 e. The summed E-state index contributed by atoms with van der Waals surface area (Å²) in [6.45, 7) is 2.19. The quantitative estimate of drug-likeness (QED) is 0.799. The fourth-order valence-electron chi connectivity index (χ4n) is 2.42. The molecule has 1 fully saturated rings. The Bertz CT molecular complexity index is 344. The molecule has 0 aromatic heterocycles. The number of ether oxygens (including phenoxy) is 1. The minimum atomic E-state index is 0.299. The maximum absolute atomic E-state index is 6.05. The summed E-state index contributed by atoms with van der Waals surface area (Å²) < 4.78 is 5.24. The molecule has 3 N–H and O–H groups in total. The summed E-state index contributed by atoms with van der Waals surface area (Å²) in [6, 6.07) is 9.35. The molecule has 1 aliphatic heterocycles. The molecule has 1 heterocycles. The first-order valence-electron chi connectivity index (χ1n) is 5.84. The molecule has 0 amide bonds. The molecule has 3 atom stereocenters. The van der Waals surface area contributed by atoms with Gasteiger partial charge in [-0.1, -0.05) is 12.1 Å². The van der Waals surface area contributed by atoms with Crippen molar-refractivity contribution < 1.29 is 4.74 Å². The van der Waals surface area contributed by atoms with E-state index in [0.717, 1.165) is 18.6 Å². The van der Waals surface area contributed by atoms with Crippen LogP contribution in [0.15, 0.2) is 24.3 Å². The van der Waals surface area contributed by atoms with E-state index in [9.17, 15) is 0 Å². The number of nitrogens with two attached hydrogens (primary N) is 1. The topological polar surface area (TPSA) is 47.3 Å². The summed E-state index contributed by atoms with van der Waals surface area (Å²) in [6.07, 6.45) is 2.05. The number of nitrogens with one attached hydrogen (secondary N) is 1. The predicted molar refractivity (Wildman–Crippen MR) is 65.5 cm³/mol. The van der Waals surface area contributed by atoms with Gasteiger partial charge in [-0.05, 0) is 37.5 Å². The van der Waals surface area contributed by atoms with E-state index in [1.165, 1.54) is 5.56 Å². The summed E-state index contributed by atoms with van der Waals surface area (Å²) in [4.78, 5) is 0. The van der Waals surface area contributed by atoms with Gasteiger partial charge in [-0.15, -0.1) is 0 Å². The molecule has 1 aliphatic rings. The molecule has 3 nitrogen and oxygen atoms in total. The number of hydrogen-bond donors (Lipinski definition) is 2. The van der Waals surface area contributed by atoms with E-state index < -0.39 is 0 Å². The van der Waals surface area contributed by atoms with Crippen LogP contribution in [0.3, 0.4) is 0 Å². The molecule has 0 radical (unpaired) electrons. The molecule has 0 unspecified atom stereocenters. The summed E-state index contributed by atoms with van der Waals surface area (Å²) >= 11 is 0. The lowest BCUT2D eigenvalue weighted by Gasteiger charge is -2.33. The Morgan fingerprint density at radius 3 is 2.88 bits per heavy atom. The lowest BCUT2D eigenvalue weighted by Crippen LogP contribution is -2.44. The standard InChI is InChI=1S/C13H20N2O/c1-9-6-11(14)8-13(15-9)10-4-3-5-12(7-10)16-2/h3-5,7,9,11,13,15H,6,8,14H2,1-2H3/t9-,11-,13-/m0/s1. The highest BCUT2D eigenvalue weighted by Gasteiger charge is 2.24. The van der Waals surface area contributed by atoms with Crippen LogP contribution >= 0.6 is 0 Å². The molecule has 0 bridgehead atoms. The Morgan fingerprint density at radius 2 is 2.19 bits per heavy atom. The minimum Gasteiger partial charge on any atom is -0.497 e. The SMILES string of the molecule is COc1cccc([C@@H]2C[C@@H](N)C[C@H](C)N2)c1. The van der Waals surface area contributed by atoms with Crippen molar-refractivity contribution in [2.75, 3.05) is 7.11 Å². The van der Waals surface area contributed by atoms with Gasteiger partial charge in [0.25, 0.3) is 0 Å². The van der Waals surface area contributed by atoms with Crippen molar-refractivity contribution in [3.8, 4) is 5.75 Å². The van der Waals surface area contributed by atoms with Gasteiger partial charge in [-0.25, -0.2) is 0 Å². The van der Waals surface area contributed by atoms with Gasteiger partial charge in [-0.2, -0.15) is 0 Å². The van der Waals surface area contributed by atoms with Crippen molar-refractivity contribution in [1.29, 1.82) is 0 Å². The second-order valence-corrected chi connectivity index (χ2v) is 4.63. The Balaban J connectivity index is 2.16. The van der Waals surface area contributed by atoms with Gasteiger partial charge in [0.2, 0.25) is 0 Å². The molecule has 0 aliphatic carbocycles. The molecular formula is C13H20N2O. The Hall–Kier alpha value is -1.06. The summed E-state index contributed by atoms with van der Waals surface area (Å²) in [5, 5.41) is 3.58. The van der Waals surface area contributed by atoms with Gasteiger partial charge in [-0.3, -0.25) is 0 Å². The molecule has 2 rings (SSSR count). The van der Waals surface area contributed by atoms with Gasteiger partial charge in [0, 0.05) is 18.1 Å². The molecule has 1 saturated heterocycles. The number of piperidine rings is 1. The van der Waals surface area contributed by atoms with Crippen LogP contribution in [0.4, 0.5) is 0 Å². The zero-order valence-corrected chi connectivity index (χ0v) is 9.94. The van der Waals surface area contributed by atoms with E-state index in [2.05, 4.69) is 24.4 Å². The van der Waals surface area contributed by atoms with Crippen LogP contribution < -0.4 is 15.8 Å². The van der Waals surface area contributed by atoms with Gasteiger partial charge in [0.15, 0.2) is 0 Å². The molecule has 1 aromatic rings. The molecule has 16 heavy (non-hydrogen) atoms. The molecule has 0 saturated carbocycles. The van der Waals surface area contributed by atoms with Crippen molar-refractivity contribution in [2.45, 2.75) is 37.9 Å². The highest BCUT2D eigenvalue weighted by atomic mass is 16.5. The van der Waals surface area contributed by atoms with Crippen LogP contribution in [-0.2, 0) is 0 Å². The van der Waals surface area contributed by atoms with Crippen molar-refractivity contribution in [1.82, 2.24) is 5.32 Å². The molecule has 3 heteroatoms. The highest BCUT2D eigenvalue weighted by molar-refractivity contribution is 5.31. The highest BCUT2D eigenvalue weighted by Crippen LogP contribution is 2.27. The lowest BCUT2D eigenvalue weighted by molar-refractivity contribution is 0.306. The van der Waals surface area contributed by atoms with Gasteiger partial charge < -0.3 is 15.8 Å². The average Bonchev–Trinajstić information content (AvgIpc) is 2.28. The Morgan fingerprint density at radius 1 is 1.38 bits per heavy atom. The summed E-state index contributed by atoms with van der Waals surface area (Å²) in [5.74, 6) is 0.908. The van der Waals surface area contributed by atoms with Crippen LogP contribution in [-0.4, -0.2) is 19.2 Å². The van der Waals surface area contributed by atoms with E-state index in [4.69, 9.17) is 10.5 Å². The monoisotopic (exact) mass is 220 g/mol. The fraction of sp³-hybridized carbons (Fsp3) is 0.538. The van der Waals surface area contributed by atoms with E-state index in [-0.39, 0.29) is 0 Å². The Labute approximate surface area is 97.0 Å². The molecule has 1 aromatic carbocycles. The van der Waals surface area contributed by atoms with E-state index in [1.54, 1.807) is 7.11 Å². The smallest absolute Gasteiger partial charge is 0.119 e. The Kier molecular flexibility index (Phi) is 3.46. The predicted octanol–water partition coefficient (Wildman–Crippen LogP) is 1.84. The lowest BCUT2D eigenvalue weighted by atomic mass is 9.91. The van der Waals surface area contributed by atoms with Crippen LogP contribution in [0.1, 0.15) is 31.4 Å². The minimum absolute atomic E-state index is 0.299. The van der Waals surface area contributed by atoms with Crippen LogP contribution in [0, 0.1) is 0 Å². The third-order valence-electron chi connectivity index (χ3n) is 3.18. The zero-order chi connectivity index (χ0) is 11.5. The van der Waals surface area contributed by atoms with Crippen molar-refractivity contribution in [3.05, 3.63) is 29.8 Å². The van der Waals surface area contributed by atoms with Gasteiger partial charge in [0.05, 0.1) is 7.11 Å². The average molecular weight is 220 g/mol. The second kappa shape index (κ2) is 4.85. The first-order chi connectivity index (χ1) is 7.69. The normalized spacial score (nSPS) is 30.1. The number of rotatable bonds is 2. The van der Waals surface area contributed by atoms with Crippen molar-refractivity contribution >= 4 is 0 Å². The second-order valence-electron chi connectivity index (χ2n) is 4.63. The van der Waals surface area contributed by atoms with E-state index in [1.807, 2.05) is 12.1 Å². The largest absolute Gasteiger partial charge is 0.497 e. The summed E-state index contributed by atoms with van der Waals surface area (Å²) in [7, 11) is 1.70.